The maximum atomic E-state index is 2.29. The summed E-state index contributed by atoms with van der Waals surface area (Å²) in [5.41, 5.74) is 2.90. The molecule has 0 aliphatic carbocycles. The van der Waals surface area contributed by atoms with Gasteiger partial charge < -0.3 is 0 Å². The van der Waals surface area contributed by atoms with Crippen LogP contribution < -0.4 is 0 Å². The smallest absolute Gasteiger partial charge is 0 e. The first-order valence-corrected chi connectivity index (χ1v) is 4.63. The first-order valence-electron chi connectivity index (χ1n) is 4.63. The van der Waals surface area contributed by atoms with Crippen LogP contribution in [0.25, 0.3) is 0 Å². The van der Waals surface area contributed by atoms with E-state index in [0.29, 0.717) is 0 Å². The van der Waals surface area contributed by atoms with Crippen LogP contribution in [0.3, 0.4) is 0 Å². The maximum absolute atomic E-state index is 2.29. The molecule has 0 N–H and O–H groups in total. The van der Waals surface area contributed by atoms with Gasteiger partial charge in [-0.25, -0.2) is 17.6 Å². The van der Waals surface area contributed by atoms with Gasteiger partial charge in [0.2, 0.25) is 0 Å². The molecule has 13 heavy (non-hydrogen) atoms. The fraction of sp³-hybridized carbons (Fsp3) is 0.583. The molecule has 0 aromatic carbocycles. The van der Waals surface area contributed by atoms with Crippen LogP contribution in [-0.4, -0.2) is 0 Å². The van der Waals surface area contributed by atoms with Gasteiger partial charge in [0.1, 0.15) is 0 Å². The molecular weight excluding hydrogens is 323 g/mol. The Kier molecular flexibility index (Phi) is 10.6. The van der Waals surface area contributed by atoms with Gasteiger partial charge in [0.15, 0.2) is 0 Å². The van der Waals surface area contributed by atoms with Gasteiger partial charge in [-0.15, -0.1) is 20.8 Å². The van der Waals surface area contributed by atoms with Crippen molar-refractivity contribution in [2.24, 2.45) is 0 Å². The van der Waals surface area contributed by atoms with Crippen LogP contribution >= 0.6 is 0 Å². The van der Waals surface area contributed by atoms with E-state index in [9.17, 15) is 0 Å². The molecule has 0 radical (unpaired) electrons. The van der Waals surface area contributed by atoms with Gasteiger partial charge in [0.25, 0.3) is 0 Å². The van der Waals surface area contributed by atoms with Gasteiger partial charge in [0.05, 0.1) is 0 Å². The van der Waals surface area contributed by atoms with E-state index in [-0.39, 0.29) is 25.8 Å². The van der Waals surface area contributed by atoms with Crippen molar-refractivity contribution >= 4 is 0 Å². The van der Waals surface area contributed by atoms with E-state index in [0.717, 1.165) is 0 Å². The van der Waals surface area contributed by atoms with Crippen LogP contribution in [0.4, 0.5) is 0 Å². The first kappa shape index (κ1) is 15.7. The third kappa shape index (κ3) is 12.2. The van der Waals surface area contributed by atoms with Gasteiger partial charge >= 0.3 is 0 Å². The van der Waals surface area contributed by atoms with Crippen molar-refractivity contribution in [3.05, 3.63) is 29.2 Å². The third-order valence-corrected chi connectivity index (χ3v) is 1.63. The molecule has 0 saturated carbocycles. The molecular formula is C12H21Hf-. The molecule has 0 aromatic rings. The molecule has 0 aliphatic heterocycles. The molecule has 0 aliphatic rings. The average molecular weight is 344 g/mol. The quantitative estimate of drug-likeness (QED) is 0.406. The largest absolute Gasteiger partial charge is 0.226 e. The van der Waals surface area contributed by atoms with Gasteiger partial charge in [-0.05, 0) is 20.3 Å². The molecule has 0 bridgehead atoms. The Morgan fingerprint density at radius 3 is 2.08 bits per heavy atom. The summed E-state index contributed by atoms with van der Waals surface area (Å²) in [7, 11) is 0. The molecule has 0 amide bonds. The van der Waals surface area contributed by atoms with Crippen LogP contribution in [0.5, 0.6) is 0 Å². The van der Waals surface area contributed by atoms with E-state index >= 15 is 0 Å². The fourth-order valence-corrected chi connectivity index (χ4v) is 1.15. The van der Waals surface area contributed by atoms with E-state index in [4.69, 9.17) is 0 Å². The molecule has 0 rings (SSSR count). The van der Waals surface area contributed by atoms with Gasteiger partial charge in [-0.2, -0.15) is 0 Å². The van der Waals surface area contributed by atoms with Crippen molar-refractivity contribution in [1.82, 2.24) is 0 Å². The zero-order chi connectivity index (χ0) is 9.56. The van der Waals surface area contributed by atoms with E-state index in [2.05, 4.69) is 46.8 Å². The summed E-state index contributed by atoms with van der Waals surface area (Å²) in [5.74, 6) is 1.39. The molecule has 1 heteroatoms. The van der Waals surface area contributed by atoms with Crippen LogP contribution in [-0.2, 0) is 25.8 Å². The zero-order valence-corrected chi connectivity index (χ0v) is 13.2. The summed E-state index contributed by atoms with van der Waals surface area (Å²) >= 11 is 0. The summed E-state index contributed by atoms with van der Waals surface area (Å²) in [4.78, 5) is 0. The normalized spacial score (nSPS) is 10.4. The van der Waals surface area contributed by atoms with Crippen molar-refractivity contribution in [2.75, 3.05) is 0 Å². The molecule has 0 aromatic heterocycles. The van der Waals surface area contributed by atoms with Crippen LogP contribution in [0.2, 0.25) is 0 Å². The second-order valence-corrected chi connectivity index (χ2v) is 3.89. The Morgan fingerprint density at radius 2 is 1.69 bits per heavy atom. The molecule has 0 unspecified atom stereocenters. The molecule has 0 atom stereocenters. The van der Waals surface area contributed by atoms with Gasteiger partial charge in [-0.3, -0.25) is 0 Å². The van der Waals surface area contributed by atoms with Crippen LogP contribution in [0, 0.1) is 5.92 Å². The molecule has 0 saturated heterocycles. The first-order chi connectivity index (χ1) is 5.52. The third-order valence-electron chi connectivity index (χ3n) is 1.63. The maximum Gasteiger partial charge on any atom is 0 e. The van der Waals surface area contributed by atoms with Crippen molar-refractivity contribution in [1.29, 1.82) is 0 Å². The average Bonchev–Trinajstić information content (AvgIpc) is 1.84. The van der Waals surface area contributed by atoms with E-state index in [1.165, 1.54) is 29.9 Å². The molecule has 74 valence electrons. The van der Waals surface area contributed by atoms with E-state index in [1.54, 1.807) is 0 Å². The standard InChI is InChI=1S/C12H21.Hf/c1-10(2)7-6-8-12(5)9-11(3)4;/h7,9H,6,8H2,1-5H3;/q-1;/b12-9+;. The minimum absolute atomic E-state index is 0. The van der Waals surface area contributed by atoms with Gasteiger partial charge in [0, 0.05) is 25.8 Å². The number of allylic oxidation sites excluding steroid dienone is 4. The van der Waals surface area contributed by atoms with Crippen molar-refractivity contribution in [2.45, 2.75) is 47.5 Å². The van der Waals surface area contributed by atoms with Crippen molar-refractivity contribution < 1.29 is 25.8 Å². The summed E-state index contributed by atoms with van der Waals surface area (Å²) in [5, 5.41) is 0. The Balaban J connectivity index is 0. The summed E-state index contributed by atoms with van der Waals surface area (Å²) < 4.78 is 0. The number of hydrogen-bond donors (Lipinski definition) is 0. The molecule has 0 fully saturated rings. The zero-order valence-electron chi connectivity index (χ0n) is 9.57. The van der Waals surface area contributed by atoms with Crippen LogP contribution in [0.1, 0.15) is 47.5 Å². The minimum atomic E-state index is 0. The second kappa shape index (κ2) is 8.80. The predicted molar refractivity (Wildman–Crippen MR) is 57.0 cm³/mol. The summed E-state index contributed by atoms with van der Waals surface area (Å²) in [6.07, 6.45) is 6.93. The molecule has 0 heterocycles. The Hall–Kier alpha value is 0.220. The number of rotatable bonds is 4. The molecule has 0 nitrogen and oxygen atoms in total. The van der Waals surface area contributed by atoms with Crippen molar-refractivity contribution in [3.63, 3.8) is 0 Å². The number of hydrogen-bond acceptors (Lipinski definition) is 0. The Morgan fingerprint density at radius 1 is 1.15 bits per heavy atom. The minimum Gasteiger partial charge on any atom is -0.226 e. The van der Waals surface area contributed by atoms with Crippen LogP contribution in [0.15, 0.2) is 23.3 Å². The Bertz CT molecular complexity index is 172. The van der Waals surface area contributed by atoms with Crippen molar-refractivity contribution in [3.8, 4) is 0 Å². The fourth-order valence-electron chi connectivity index (χ4n) is 1.15. The van der Waals surface area contributed by atoms with E-state index in [1.807, 2.05) is 0 Å². The predicted octanol–water partition coefficient (Wildman–Crippen LogP) is 4.29. The topological polar surface area (TPSA) is 0 Å². The molecule has 0 spiro atoms. The van der Waals surface area contributed by atoms with E-state index < -0.39 is 0 Å². The second-order valence-electron chi connectivity index (χ2n) is 3.89. The SMILES string of the molecule is CC(C)=CCC/C(C)=C/[C-](C)C.[Hf]. The van der Waals surface area contributed by atoms with Gasteiger partial charge in [-0.1, -0.05) is 18.1 Å². The Labute approximate surface area is 102 Å². The summed E-state index contributed by atoms with van der Waals surface area (Å²) in [6.45, 7) is 10.8. The monoisotopic (exact) mass is 345 g/mol. The summed E-state index contributed by atoms with van der Waals surface area (Å²) in [6, 6.07) is 0.